The molecule has 1 aromatic carbocycles. The van der Waals surface area contributed by atoms with Crippen LogP contribution in [0.1, 0.15) is 5.69 Å². The molecule has 0 spiro atoms. The van der Waals surface area contributed by atoms with Crippen molar-refractivity contribution >= 4 is 33.3 Å². The molecule has 0 saturated carbocycles. The molecule has 114 valence electrons. The first-order valence-corrected chi connectivity index (χ1v) is 7.06. The number of hydrogen-bond acceptors (Lipinski definition) is 5. The molecule has 0 saturated heterocycles. The fourth-order valence-corrected chi connectivity index (χ4v) is 1.89. The highest BCUT2D eigenvalue weighted by molar-refractivity contribution is 9.10. The van der Waals surface area contributed by atoms with Crippen LogP contribution in [-0.4, -0.2) is 22.4 Å². The second-order valence-corrected chi connectivity index (χ2v) is 5.18. The van der Waals surface area contributed by atoms with Gasteiger partial charge in [0, 0.05) is 10.5 Å². The van der Waals surface area contributed by atoms with Crippen molar-refractivity contribution in [3.63, 3.8) is 0 Å². The summed E-state index contributed by atoms with van der Waals surface area (Å²) < 4.78 is 6.03. The van der Waals surface area contributed by atoms with Gasteiger partial charge in [0.1, 0.15) is 5.82 Å². The van der Waals surface area contributed by atoms with E-state index in [4.69, 9.17) is 4.74 Å². The number of amides is 1. The minimum Gasteiger partial charge on any atom is -0.477 e. The number of benzene rings is 1. The van der Waals surface area contributed by atoms with Crippen LogP contribution in [0.15, 0.2) is 40.9 Å². The van der Waals surface area contributed by atoms with Crippen molar-refractivity contribution in [1.82, 2.24) is 4.98 Å². The Morgan fingerprint density at radius 2 is 2.09 bits per heavy atom. The number of aromatic nitrogens is 1. The number of nitro benzene ring substituents is 1. The normalized spacial score (nSPS) is 10.1. The Bertz CT molecular complexity index is 721. The third kappa shape index (κ3) is 4.01. The maximum atomic E-state index is 11.8. The molecule has 0 atom stereocenters. The van der Waals surface area contributed by atoms with E-state index in [1.807, 2.05) is 0 Å². The number of carbonyl (C=O) groups is 1. The van der Waals surface area contributed by atoms with Gasteiger partial charge in [-0.3, -0.25) is 14.9 Å². The number of anilines is 1. The Labute approximate surface area is 134 Å². The number of ether oxygens (including phenoxy) is 1. The van der Waals surface area contributed by atoms with Crippen molar-refractivity contribution in [2.75, 3.05) is 11.9 Å². The van der Waals surface area contributed by atoms with Crippen LogP contribution >= 0.6 is 15.9 Å². The van der Waals surface area contributed by atoms with Gasteiger partial charge in [0.05, 0.1) is 10.6 Å². The van der Waals surface area contributed by atoms with Crippen LogP contribution in [0, 0.1) is 17.0 Å². The topological polar surface area (TPSA) is 94.4 Å². The second kappa shape index (κ2) is 6.99. The SMILES string of the molecule is Cc1nc(NC(=O)COc2ccccc2[N+](=O)[O-])ccc1Br. The third-order valence-electron chi connectivity index (χ3n) is 2.71. The highest BCUT2D eigenvalue weighted by Gasteiger charge is 2.15. The molecular weight excluding hydrogens is 354 g/mol. The number of nitrogens with zero attached hydrogens (tertiary/aromatic N) is 2. The van der Waals surface area contributed by atoms with Gasteiger partial charge in [0.25, 0.3) is 5.91 Å². The Morgan fingerprint density at radius 1 is 1.36 bits per heavy atom. The quantitative estimate of drug-likeness (QED) is 0.648. The average molecular weight is 366 g/mol. The zero-order chi connectivity index (χ0) is 16.1. The first-order valence-electron chi connectivity index (χ1n) is 6.26. The summed E-state index contributed by atoms with van der Waals surface area (Å²) in [5, 5.41) is 13.4. The standard InChI is InChI=1S/C14H12BrN3O4/c1-9-10(15)6-7-13(16-9)17-14(19)8-22-12-5-3-2-4-11(12)18(20)21/h2-7H,8H2,1H3,(H,16,17,19). The van der Waals surface area contributed by atoms with Crippen LogP contribution in [0.25, 0.3) is 0 Å². The van der Waals surface area contributed by atoms with Crippen molar-refractivity contribution in [2.45, 2.75) is 6.92 Å². The lowest BCUT2D eigenvalue weighted by atomic mass is 10.3. The number of carbonyl (C=O) groups excluding carboxylic acids is 1. The van der Waals surface area contributed by atoms with Crippen molar-refractivity contribution < 1.29 is 14.5 Å². The first-order chi connectivity index (χ1) is 10.5. The molecule has 1 N–H and O–H groups in total. The van der Waals surface area contributed by atoms with E-state index in [1.165, 1.54) is 18.2 Å². The predicted octanol–water partition coefficient (Wildman–Crippen LogP) is 3.08. The minimum absolute atomic E-state index is 0.0441. The number of pyridine rings is 1. The summed E-state index contributed by atoms with van der Waals surface area (Å²) in [7, 11) is 0. The highest BCUT2D eigenvalue weighted by Crippen LogP contribution is 2.25. The summed E-state index contributed by atoms with van der Waals surface area (Å²) in [5.74, 6) is -0.0215. The molecule has 0 bridgehead atoms. The van der Waals surface area contributed by atoms with E-state index in [0.29, 0.717) is 5.82 Å². The van der Waals surface area contributed by atoms with E-state index in [0.717, 1.165) is 10.2 Å². The summed E-state index contributed by atoms with van der Waals surface area (Å²) in [5.41, 5.74) is 0.547. The Balaban J connectivity index is 1.98. The molecule has 0 aliphatic rings. The Morgan fingerprint density at radius 3 is 2.77 bits per heavy atom. The van der Waals surface area contributed by atoms with E-state index in [9.17, 15) is 14.9 Å². The van der Waals surface area contributed by atoms with Crippen LogP contribution in [0.5, 0.6) is 5.75 Å². The van der Waals surface area contributed by atoms with E-state index < -0.39 is 10.8 Å². The van der Waals surface area contributed by atoms with Crippen LogP contribution in [0.4, 0.5) is 11.5 Å². The van der Waals surface area contributed by atoms with Gasteiger partial charge in [0.15, 0.2) is 12.4 Å². The third-order valence-corrected chi connectivity index (χ3v) is 3.55. The molecule has 2 aromatic rings. The van der Waals surface area contributed by atoms with Crippen LogP contribution < -0.4 is 10.1 Å². The van der Waals surface area contributed by atoms with Crippen LogP contribution in [0.3, 0.4) is 0 Å². The molecule has 2 rings (SSSR count). The van der Waals surface area contributed by atoms with Gasteiger partial charge in [0.2, 0.25) is 0 Å². The molecule has 0 aliphatic heterocycles. The zero-order valence-corrected chi connectivity index (χ0v) is 13.2. The molecule has 1 heterocycles. The fraction of sp³-hybridized carbons (Fsp3) is 0.143. The molecule has 0 aliphatic carbocycles. The van der Waals surface area contributed by atoms with Gasteiger partial charge < -0.3 is 10.1 Å². The van der Waals surface area contributed by atoms with E-state index >= 15 is 0 Å². The van der Waals surface area contributed by atoms with Crippen LogP contribution in [-0.2, 0) is 4.79 Å². The lowest BCUT2D eigenvalue weighted by molar-refractivity contribution is -0.385. The van der Waals surface area contributed by atoms with Crippen molar-refractivity contribution in [3.8, 4) is 5.75 Å². The number of rotatable bonds is 5. The largest absolute Gasteiger partial charge is 0.477 e. The Hall–Kier alpha value is -2.48. The predicted molar refractivity (Wildman–Crippen MR) is 83.9 cm³/mol. The molecule has 0 radical (unpaired) electrons. The van der Waals surface area contributed by atoms with E-state index in [-0.39, 0.29) is 18.0 Å². The van der Waals surface area contributed by atoms with Gasteiger partial charge in [-0.15, -0.1) is 0 Å². The fourth-order valence-electron chi connectivity index (χ4n) is 1.67. The van der Waals surface area contributed by atoms with Gasteiger partial charge in [-0.2, -0.15) is 0 Å². The molecular formula is C14H12BrN3O4. The molecule has 0 unspecified atom stereocenters. The number of halogens is 1. The lowest BCUT2D eigenvalue weighted by Crippen LogP contribution is -2.21. The van der Waals surface area contributed by atoms with Gasteiger partial charge >= 0.3 is 5.69 Å². The highest BCUT2D eigenvalue weighted by atomic mass is 79.9. The van der Waals surface area contributed by atoms with Crippen molar-refractivity contribution in [2.24, 2.45) is 0 Å². The monoisotopic (exact) mass is 365 g/mol. The minimum atomic E-state index is -0.563. The van der Waals surface area contributed by atoms with Gasteiger partial charge in [-0.1, -0.05) is 12.1 Å². The number of aryl methyl sites for hydroxylation is 1. The molecule has 1 aromatic heterocycles. The van der Waals surface area contributed by atoms with Gasteiger partial charge in [-0.05, 0) is 41.1 Å². The Kier molecular flexibility index (Phi) is 5.05. The molecule has 22 heavy (non-hydrogen) atoms. The van der Waals surface area contributed by atoms with E-state index in [2.05, 4.69) is 26.2 Å². The maximum Gasteiger partial charge on any atom is 0.310 e. The molecule has 0 fully saturated rings. The van der Waals surface area contributed by atoms with Crippen LogP contribution in [0.2, 0.25) is 0 Å². The summed E-state index contributed by atoms with van der Waals surface area (Å²) in [6, 6.07) is 9.28. The summed E-state index contributed by atoms with van der Waals surface area (Å²) in [6.45, 7) is 1.45. The zero-order valence-electron chi connectivity index (χ0n) is 11.6. The maximum absolute atomic E-state index is 11.8. The number of para-hydroxylation sites is 2. The molecule has 7 nitrogen and oxygen atoms in total. The number of nitro groups is 1. The second-order valence-electron chi connectivity index (χ2n) is 4.33. The lowest BCUT2D eigenvalue weighted by Gasteiger charge is -2.08. The van der Waals surface area contributed by atoms with Gasteiger partial charge in [-0.25, -0.2) is 4.98 Å². The molecule has 1 amide bonds. The smallest absolute Gasteiger partial charge is 0.310 e. The number of nitrogens with one attached hydrogen (secondary N) is 1. The van der Waals surface area contributed by atoms with E-state index in [1.54, 1.807) is 25.1 Å². The molecule has 8 heteroatoms. The number of hydrogen-bond donors (Lipinski definition) is 1. The van der Waals surface area contributed by atoms with Crippen molar-refractivity contribution in [3.05, 3.63) is 56.7 Å². The summed E-state index contributed by atoms with van der Waals surface area (Å²) in [6.07, 6.45) is 0. The summed E-state index contributed by atoms with van der Waals surface area (Å²) >= 11 is 3.31. The first kappa shape index (κ1) is 15.9. The summed E-state index contributed by atoms with van der Waals surface area (Å²) in [4.78, 5) is 26.3. The average Bonchev–Trinajstić information content (AvgIpc) is 2.49. The van der Waals surface area contributed by atoms with Crippen molar-refractivity contribution in [1.29, 1.82) is 0 Å².